The quantitative estimate of drug-likeness (QED) is 0.393. The van der Waals surface area contributed by atoms with E-state index >= 15 is 0 Å². The van der Waals surface area contributed by atoms with Crippen molar-refractivity contribution in [3.8, 4) is 0 Å². The Kier molecular flexibility index (Phi) is 9.62. The number of hydrogen-bond acceptors (Lipinski definition) is 3. The average Bonchev–Trinajstić information content (AvgIpc) is 3.18. The molecular weight excluding hydrogens is 403 g/mol. The van der Waals surface area contributed by atoms with Gasteiger partial charge in [-0.3, -0.25) is 9.89 Å². The molecule has 2 N–H and O–H groups in total. The van der Waals surface area contributed by atoms with Gasteiger partial charge in [0.05, 0.1) is 12.3 Å². The highest BCUT2D eigenvalue weighted by Crippen LogP contribution is 2.24. The summed E-state index contributed by atoms with van der Waals surface area (Å²) in [4.78, 5) is 7.14. The van der Waals surface area contributed by atoms with Crippen LogP contribution in [0.15, 0.2) is 27.8 Å². The molecule has 5 nitrogen and oxygen atoms in total. The normalized spacial score (nSPS) is 17.1. The summed E-state index contributed by atoms with van der Waals surface area (Å²) >= 11 is 0. The Morgan fingerprint density at radius 2 is 2.04 bits per heavy atom. The molecule has 0 aromatic carbocycles. The first-order valence-electron chi connectivity index (χ1n) is 8.50. The number of likely N-dealkylation sites (tertiary alicyclic amines) is 1. The fourth-order valence-electron chi connectivity index (χ4n) is 2.75. The summed E-state index contributed by atoms with van der Waals surface area (Å²) in [5.41, 5.74) is 0. The molecule has 1 fully saturated rings. The van der Waals surface area contributed by atoms with Crippen LogP contribution in [0.4, 0.5) is 0 Å². The van der Waals surface area contributed by atoms with Crippen molar-refractivity contribution in [1.29, 1.82) is 0 Å². The van der Waals surface area contributed by atoms with Crippen LogP contribution >= 0.6 is 24.0 Å². The highest BCUT2D eigenvalue weighted by Gasteiger charge is 2.25. The van der Waals surface area contributed by atoms with Gasteiger partial charge in [0.1, 0.15) is 5.76 Å². The number of guanidine groups is 1. The summed E-state index contributed by atoms with van der Waals surface area (Å²) in [7, 11) is 0. The Hall–Kier alpha value is -0.760. The second kappa shape index (κ2) is 10.9. The van der Waals surface area contributed by atoms with E-state index in [1.165, 1.54) is 12.8 Å². The highest BCUT2D eigenvalue weighted by atomic mass is 127. The zero-order valence-corrected chi connectivity index (χ0v) is 16.9. The molecule has 1 aliphatic heterocycles. The molecule has 1 unspecified atom stereocenters. The monoisotopic (exact) mass is 434 g/mol. The van der Waals surface area contributed by atoms with Crippen molar-refractivity contribution in [2.45, 2.75) is 39.7 Å². The third-order valence-electron chi connectivity index (χ3n) is 3.87. The third kappa shape index (κ3) is 6.71. The van der Waals surface area contributed by atoms with Crippen LogP contribution in [0.1, 0.15) is 45.4 Å². The average molecular weight is 434 g/mol. The van der Waals surface area contributed by atoms with E-state index < -0.39 is 0 Å². The zero-order chi connectivity index (χ0) is 15.8. The van der Waals surface area contributed by atoms with Gasteiger partial charge in [0.25, 0.3) is 0 Å². The first-order valence-corrected chi connectivity index (χ1v) is 8.50. The van der Waals surface area contributed by atoms with Crippen molar-refractivity contribution < 1.29 is 4.42 Å². The number of hydrogen-bond donors (Lipinski definition) is 2. The Morgan fingerprint density at radius 1 is 1.30 bits per heavy atom. The van der Waals surface area contributed by atoms with Crippen LogP contribution in [-0.2, 0) is 0 Å². The fraction of sp³-hybridized carbons (Fsp3) is 0.706. The molecule has 1 aliphatic rings. The van der Waals surface area contributed by atoms with Gasteiger partial charge in [-0.05, 0) is 50.9 Å². The van der Waals surface area contributed by atoms with Gasteiger partial charge in [-0.25, -0.2) is 0 Å². The largest absolute Gasteiger partial charge is 0.468 e. The van der Waals surface area contributed by atoms with Crippen molar-refractivity contribution in [2.24, 2.45) is 10.9 Å². The SMILES string of the molecule is CCNC(=NCC(C)C)NCC(c1ccco1)N1CCCC1.I. The Bertz CT molecular complexity index is 441. The first kappa shape index (κ1) is 20.3. The number of aliphatic imine (C=N–C) groups is 1. The topological polar surface area (TPSA) is 52.8 Å². The Balaban J connectivity index is 0.00000264. The summed E-state index contributed by atoms with van der Waals surface area (Å²) in [6.07, 6.45) is 4.31. The van der Waals surface area contributed by atoms with Crippen LogP contribution in [0.25, 0.3) is 0 Å². The van der Waals surface area contributed by atoms with Crippen LogP contribution < -0.4 is 10.6 Å². The summed E-state index contributed by atoms with van der Waals surface area (Å²) in [5.74, 6) is 2.50. The smallest absolute Gasteiger partial charge is 0.191 e. The summed E-state index contributed by atoms with van der Waals surface area (Å²) < 4.78 is 5.66. The molecule has 1 atom stereocenters. The molecule has 2 rings (SSSR count). The Labute approximate surface area is 157 Å². The van der Waals surface area contributed by atoms with E-state index in [1.54, 1.807) is 6.26 Å². The third-order valence-corrected chi connectivity index (χ3v) is 3.87. The molecule has 132 valence electrons. The van der Waals surface area contributed by atoms with Gasteiger partial charge in [0.2, 0.25) is 0 Å². The molecule has 0 radical (unpaired) electrons. The Morgan fingerprint density at radius 3 is 2.61 bits per heavy atom. The van der Waals surface area contributed by atoms with E-state index in [-0.39, 0.29) is 30.0 Å². The standard InChI is InChI=1S/C17H30N4O.HI/c1-4-18-17(19-12-14(2)3)20-13-15(16-8-7-11-22-16)21-9-5-6-10-21;/h7-8,11,14-15H,4-6,9-10,12-13H2,1-3H3,(H2,18,19,20);1H. The maximum absolute atomic E-state index is 5.66. The van der Waals surface area contributed by atoms with Gasteiger partial charge < -0.3 is 15.1 Å². The number of furan rings is 1. The zero-order valence-electron chi connectivity index (χ0n) is 14.5. The van der Waals surface area contributed by atoms with Crippen LogP contribution in [0, 0.1) is 5.92 Å². The van der Waals surface area contributed by atoms with Crippen molar-refractivity contribution in [3.05, 3.63) is 24.2 Å². The molecule has 2 heterocycles. The molecule has 1 aromatic heterocycles. The highest BCUT2D eigenvalue weighted by molar-refractivity contribution is 14.0. The van der Waals surface area contributed by atoms with E-state index in [9.17, 15) is 0 Å². The van der Waals surface area contributed by atoms with Gasteiger partial charge in [-0.15, -0.1) is 24.0 Å². The molecule has 0 bridgehead atoms. The van der Waals surface area contributed by atoms with Crippen molar-refractivity contribution in [1.82, 2.24) is 15.5 Å². The van der Waals surface area contributed by atoms with E-state index in [0.717, 1.165) is 44.4 Å². The van der Waals surface area contributed by atoms with Gasteiger partial charge in [-0.1, -0.05) is 13.8 Å². The predicted molar refractivity (Wildman–Crippen MR) is 106 cm³/mol. The maximum atomic E-state index is 5.66. The van der Waals surface area contributed by atoms with Crippen LogP contribution in [0.2, 0.25) is 0 Å². The number of nitrogens with zero attached hydrogens (tertiary/aromatic N) is 2. The predicted octanol–water partition coefficient (Wildman–Crippen LogP) is 3.25. The number of rotatable bonds is 7. The minimum absolute atomic E-state index is 0. The first-order chi connectivity index (χ1) is 10.7. The van der Waals surface area contributed by atoms with Crippen LogP contribution in [0.5, 0.6) is 0 Å². The second-order valence-electron chi connectivity index (χ2n) is 6.27. The molecule has 0 saturated carbocycles. The van der Waals surface area contributed by atoms with E-state index in [4.69, 9.17) is 4.42 Å². The van der Waals surface area contributed by atoms with E-state index in [1.807, 2.05) is 6.07 Å². The molecule has 1 saturated heterocycles. The molecule has 6 heteroatoms. The molecule has 0 aliphatic carbocycles. The lowest BCUT2D eigenvalue weighted by atomic mass is 10.2. The molecule has 1 aromatic rings. The lowest BCUT2D eigenvalue weighted by molar-refractivity contribution is 0.215. The molecule has 0 amide bonds. The van der Waals surface area contributed by atoms with E-state index in [2.05, 4.69) is 47.4 Å². The van der Waals surface area contributed by atoms with Crippen molar-refractivity contribution in [3.63, 3.8) is 0 Å². The molecular formula is C17H31IN4O. The van der Waals surface area contributed by atoms with Crippen molar-refractivity contribution in [2.75, 3.05) is 32.7 Å². The van der Waals surface area contributed by atoms with Crippen LogP contribution in [0.3, 0.4) is 0 Å². The van der Waals surface area contributed by atoms with Gasteiger partial charge in [0.15, 0.2) is 5.96 Å². The fourth-order valence-corrected chi connectivity index (χ4v) is 2.75. The maximum Gasteiger partial charge on any atom is 0.191 e. The van der Waals surface area contributed by atoms with Gasteiger partial charge >= 0.3 is 0 Å². The van der Waals surface area contributed by atoms with E-state index in [0.29, 0.717) is 5.92 Å². The summed E-state index contributed by atoms with van der Waals surface area (Å²) in [6, 6.07) is 4.32. The molecule has 23 heavy (non-hydrogen) atoms. The second-order valence-corrected chi connectivity index (χ2v) is 6.27. The lowest BCUT2D eigenvalue weighted by Crippen LogP contribution is -2.42. The van der Waals surface area contributed by atoms with Crippen LogP contribution in [-0.4, -0.2) is 43.6 Å². The number of halogens is 1. The lowest BCUT2D eigenvalue weighted by Gasteiger charge is -2.26. The minimum Gasteiger partial charge on any atom is -0.468 e. The summed E-state index contributed by atoms with van der Waals surface area (Å²) in [5, 5.41) is 6.80. The van der Waals surface area contributed by atoms with Gasteiger partial charge in [0, 0.05) is 19.6 Å². The van der Waals surface area contributed by atoms with Gasteiger partial charge in [-0.2, -0.15) is 0 Å². The van der Waals surface area contributed by atoms with Crippen molar-refractivity contribution >= 4 is 29.9 Å². The minimum atomic E-state index is 0. The number of nitrogens with one attached hydrogen (secondary N) is 2. The molecule has 0 spiro atoms. The summed E-state index contributed by atoms with van der Waals surface area (Å²) in [6.45, 7) is 11.3.